The second kappa shape index (κ2) is 5.75. The van der Waals surface area contributed by atoms with Gasteiger partial charge >= 0.3 is 0 Å². The zero-order chi connectivity index (χ0) is 18.6. The van der Waals surface area contributed by atoms with Crippen LogP contribution in [0.5, 0.6) is 0 Å². The van der Waals surface area contributed by atoms with Gasteiger partial charge in [-0.3, -0.25) is 4.79 Å². The van der Waals surface area contributed by atoms with Crippen LogP contribution in [0.3, 0.4) is 0 Å². The Balaban J connectivity index is 1.92. The first-order valence-electron chi connectivity index (χ1n) is 7.69. The Morgan fingerprint density at radius 3 is 2.69 bits per heavy atom. The summed E-state index contributed by atoms with van der Waals surface area (Å²) >= 11 is 1.12. The standard InChI is InChI=1S/C17H14FN3O3S2/c1-20-13-7-14(26(2,23)24)25-16(13)11-8-19-21(17(22)15(11)20)9-10-5-3-4-6-12(10)18/h3-8H,9H2,1-2H3. The van der Waals surface area contributed by atoms with Crippen LogP contribution in [-0.2, 0) is 23.4 Å². The third-order valence-electron chi connectivity index (χ3n) is 4.29. The number of aromatic nitrogens is 3. The second-order valence-electron chi connectivity index (χ2n) is 6.07. The van der Waals surface area contributed by atoms with Gasteiger partial charge in [0.25, 0.3) is 5.56 Å². The highest BCUT2D eigenvalue weighted by Crippen LogP contribution is 2.35. The normalized spacial score (nSPS) is 12.3. The van der Waals surface area contributed by atoms with E-state index < -0.39 is 15.7 Å². The number of sulfone groups is 1. The molecule has 3 heterocycles. The van der Waals surface area contributed by atoms with E-state index in [0.717, 1.165) is 17.6 Å². The third-order valence-corrected chi connectivity index (χ3v) is 7.25. The molecule has 0 atom stereocenters. The van der Waals surface area contributed by atoms with E-state index >= 15 is 0 Å². The Morgan fingerprint density at radius 2 is 2.00 bits per heavy atom. The summed E-state index contributed by atoms with van der Waals surface area (Å²) in [6, 6.07) is 7.80. The van der Waals surface area contributed by atoms with Gasteiger partial charge < -0.3 is 4.57 Å². The molecule has 0 aliphatic rings. The zero-order valence-corrected chi connectivity index (χ0v) is 15.6. The van der Waals surface area contributed by atoms with E-state index in [-0.39, 0.29) is 16.3 Å². The van der Waals surface area contributed by atoms with Crippen LogP contribution in [0, 0.1) is 5.82 Å². The van der Waals surface area contributed by atoms with Gasteiger partial charge in [-0.05, 0) is 12.1 Å². The largest absolute Gasteiger partial charge is 0.338 e. The summed E-state index contributed by atoms with van der Waals surface area (Å²) in [7, 11) is -1.62. The number of aryl methyl sites for hydroxylation is 1. The van der Waals surface area contributed by atoms with E-state index in [2.05, 4.69) is 5.10 Å². The molecule has 0 aliphatic heterocycles. The molecular weight excluding hydrogens is 377 g/mol. The molecule has 0 amide bonds. The smallest absolute Gasteiger partial charge is 0.291 e. The zero-order valence-electron chi connectivity index (χ0n) is 13.9. The summed E-state index contributed by atoms with van der Waals surface area (Å²) in [6.45, 7) is 0.0227. The maximum Gasteiger partial charge on any atom is 0.291 e. The highest BCUT2D eigenvalue weighted by molar-refractivity contribution is 7.93. The molecule has 0 saturated carbocycles. The topological polar surface area (TPSA) is 74.0 Å². The van der Waals surface area contributed by atoms with Gasteiger partial charge in [-0.2, -0.15) is 5.10 Å². The van der Waals surface area contributed by atoms with Crippen LogP contribution in [0.25, 0.3) is 21.1 Å². The minimum absolute atomic E-state index is 0.0227. The number of halogens is 1. The summed E-state index contributed by atoms with van der Waals surface area (Å²) in [6.07, 6.45) is 2.68. The lowest BCUT2D eigenvalue weighted by atomic mass is 10.2. The van der Waals surface area contributed by atoms with Crippen molar-refractivity contribution < 1.29 is 12.8 Å². The summed E-state index contributed by atoms with van der Waals surface area (Å²) in [5.41, 5.74) is 1.10. The van der Waals surface area contributed by atoms with Gasteiger partial charge in [-0.1, -0.05) is 18.2 Å². The van der Waals surface area contributed by atoms with Gasteiger partial charge in [-0.25, -0.2) is 17.5 Å². The fourth-order valence-electron chi connectivity index (χ4n) is 2.97. The molecule has 1 aromatic carbocycles. The van der Waals surface area contributed by atoms with Crippen molar-refractivity contribution in [1.82, 2.24) is 14.3 Å². The Hall–Kier alpha value is -2.52. The maximum atomic E-state index is 13.9. The summed E-state index contributed by atoms with van der Waals surface area (Å²) in [5, 5.41) is 4.75. The lowest BCUT2D eigenvalue weighted by Gasteiger charge is -2.06. The first-order chi connectivity index (χ1) is 12.3. The lowest BCUT2D eigenvalue weighted by Crippen LogP contribution is -2.24. The maximum absolute atomic E-state index is 13.9. The Morgan fingerprint density at radius 1 is 1.27 bits per heavy atom. The Labute approximate surface area is 152 Å². The molecule has 0 saturated heterocycles. The molecule has 4 aromatic rings. The molecule has 0 N–H and O–H groups in total. The minimum Gasteiger partial charge on any atom is -0.338 e. The monoisotopic (exact) mass is 391 g/mol. The second-order valence-corrected chi connectivity index (χ2v) is 9.37. The van der Waals surface area contributed by atoms with Crippen molar-refractivity contribution in [3.8, 4) is 0 Å². The van der Waals surface area contributed by atoms with E-state index in [1.54, 1.807) is 35.9 Å². The number of benzene rings is 1. The van der Waals surface area contributed by atoms with E-state index in [1.807, 2.05) is 0 Å². The van der Waals surface area contributed by atoms with E-state index in [0.29, 0.717) is 26.7 Å². The van der Waals surface area contributed by atoms with Crippen molar-refractivity contribution in [2.75, 3.05) is 6.26 Å². The number of thiophene rings is 1. The van der Waals surface area contributed by atoms with Crippen LogP contribution in [0.15, 0.2) is 45.5 Å². The van der Waals surface area contributed by atoms with Crippen molar-refractivity contribution in [3.05, 3.63) is 58.3 Å². The van der Waals surface area contributed by atoms with Crippen LogP contribution in [-0.4, -0.2) is 29.0 Å². The number of rotatable bonds is 3. The number of hydrogen-bond acceptors (Lipinski definition) is 5. The lowest BCUT2D eigenvalue weighted by molar-refractivity contribution is 0.574. The Bertz CT molecular complexity index is 1330. The molecule has 134 valence electrons. The predicted molar refractivity (Wildman–Crippen MR) is 99.0 cm³/mol. The first-order valence-corrected chi connectivity index (χ1v) is 10.4. The van der Waals surface area contributed by atoms with Crippen LogP contribution < -0.4 is 5.56 Å². The Kier molecular flexibility index (Phi) is 3.74. The van der Waals surface area contributed by atoms with Gasteiger partial charge in [0.1, 0.15) is 15.5 Å². The summed E-state index contributed by atoms with van der Waals surface area (Å²) < 4.78 is 41.3. The molecule has 9 heteroatoms. The molecular formula is C17H14FN3O3S2. The van der Waals surface area contributed by atoms with Crippen LogP contribution in [0.1, 0.15) is 5.56 Å². The molecule has 4 rings (SSSR count). The van der Waals surface area contributed by atoms with Crippen molar-refractivity contribution in [1.29, 1.82) is 0 Å². The van der Waals surface area contributed by atoms with Gasteiger partial charge in [0, 0.05) is 24.3 Å². The average Bonchev–Trinajstić information content (AvgIpc) is 3.12. The van der Waals surface area contributed by atoms with Crippen molar-refractivity contribution in [2.45, 2.75) is 10.8 Å². The van der Waals surface area contributed by atoms with Crippen LogP contribution in [0.2, 0.25) is 0 Å². The summed E-state index contributed by atoms with van der Waals surface area (Å²) in [4.78, 5) is 12.9. The minimum atomic E-state index is -3.32. The van der Waals surface area contributed by atoms with Gasteiger partial charge in [-0.15, -0.1) is 11.3 Å². The van der Waals surface area contributed by atoms with Crippen molar-refractivity contribution in [3.63, 3.8) is 0 Å². The highest BCUT2D eigenvalue weighted by atomic mass is 32.2. The summed E-state index contributed by atoms with van der Waals surface area (Å²) in [5.74, 6) is -0.396. The number of hydrogen-bond donors (Lipinski definition) is 0. The van der Waals surface area contributed by atoms with Crippen LogP contribution in [0.4, 0.5) is 4.39 Å². The average molecular weight is 391 g/mol. The molecule has 3 aromatic heterocycles. The molecule has 0 aliphatic carbocycles. The van der Waals surface area contributed by atoms with E-state index in [4.69, 9.17) is 0 Å². The molecule has 0 spiro atoms. The fraction of sp³-hybridized carbons (Fsp3) is 0.176. The molecule has 0 unspecified atom stereocenters. The fourth-order valence-corrected chi connectivity index (χ4v) is 5.09. The molecule has 0 fully saturated rings. The van der Waals surface area contributed by atoms with Gasteiger partial charge in [0.15, 0.2) is 9.84 Å². The van der Waals surface area contributed by atoms with Gasteiger partial charge in [0.05, 0.1) is 23.0 Å². The quantitative estimate of drug-likeness (QED) is 0.538. The van der Waals surface area contributed by atoms with Gasteiger partial charge in [0.2, 0.25) is 0 Å². The highest BCUT2D eigenvalue weighted by Gasteiger charge is 2.20. The van der Waals surface area contributed by atoms with E-state index in [1.165, 1.54) is 16.9 Å². The number of fused-ring (bicyclic) bond motifs is 3. The number of nitrogens with zero attached hydrogens (tertiary/aromatic N) is 3. The molecule has 26 heavy (non-hydrogen) atoms. The molecule has 0 bridgehead atoms. The van der Waals surface area contributed by atoms with Crippen molar-refractivity contribution >= 4 is 42.3 Å². The van der Waals surface area contributed by atoms with Crippen molar-refractivity contribution in [2.24, 2.45) is 7.05 Å². The van der Waals surface area contributed by atoms with E-state index in [9.17, 15) is 17.6 Å². The molecule has 0 radical (unpaired) electrons. The van der Waals surface area contributed by atoms with Crippen LogP contribution >= 0.6 is 11.3 Å². The first kappa shape index (κ1) is 16.9. The molecule has 6 nitrogen and oxygen atoms in total. The third kappa shape index (κ3) is 2.55. The predicted octanol–water partition coefficient (Wildman–Crippen LogP) is 2.54. The SMILES string of the molecule is Cn1c2cc(S(C)(=O)=O)sc2c2cnn(Cc3ccccc3F)c(=O)c21.